The first-order chi connectivity index (χ1) is 17.1. The van der Waals surface area contributed by atoms with Gasteiger partial charge in [0.05, 0.1) is 6.10 Å². The fourth-order valence-corrected chi connectivity index (χ4v) is 12.6. The highest BCUT2D eigenvalue weighted by Crippen LogP contribution is 2.89. The fraction of sp³-hybridized carbons (Fsp3) is 0.818. The number of nitrogens with zero attached hydrogens (tertiary/aromatic N) is 1. The minimum absolute atomic E-state index is 0.0874. The van der Waals surface area contributed by atoms with E-state index in [-0.39, 0.29) is 6.23 Å². The smallest absolute Gasteiger partial charge is 0.137 e. The number of nitrogens with one attached hydrogen (secondary N) is 1. The van der Waals surface area contributed by atoms with Crippen LogP contribution in [0.1, 0.15) is 97.8 Å². The average molecular weight is 491 g/mol. The van der Waals surface area contributed by atoms with Gasteiger partial charge in [0.1, 0.15) is 6.23 Å². The van der Waals surface area contributed by atoms with E-state index in [4.69, 9.17) is 4.74 Å². The lowest BCUT2D eigenvalue weighted by Gasteiger charge is -2.64. The molecule has 198 valence electrons. The van der Waals surface area contributed by atoms with Crippen LogP contribution >= 0.6 is 0 Å². The zero-order valence-corrected chi connectivity index (χ0v) is 23.9. The van der Waals surface area contributed by atoms with Gasteiger partial charge in [0.25, 0.3) is 0 Å². The lowest BCUT2D eigenvalue weighted by molar-refractivity contribution is -0.197. The molecule has 2 unspecified atom stereocenters. The molecule has 1 saturated heterocycles. The first kappa shape index (κ1) is 24.2. The molecule has 2 spiro atoms. The Balaban J connectivity index is 1.23. The summed E-state index contributed by atoms with van der Waals surface area (Å²) >= 11 is 0. The summed E-state index contributed by atoms with van der Waals surface area (Å²) < 4.78 is 7.11. The van der Waals surface area contributed by atoms with Crippen molar-refractivity contribution in [1.82, 2.24) is 10.2 Å². The second kappa shape index (κ2) is 7.39. The maximum Gasteiger partial charge on any atom is 0.137 e. The molecule has 1 heterocycles. The topological polar surface area (TPSA) is 24.5 Å². The summed E-state index contributed by atoms with van der Waals surface area (Å²) in [5, 5.41) is 3.72. The molecule has 3 heteroatoms. The van der Waals surface area contributed by atoms with Gasteiger partial charge in [-0.1, -0.05) is 58.0 Å². The normalized spacial score (nSPS) is 55.0. The van der Waals surface area contributed by atoms with E-state index in [1.165, 1.54) is 56.9 Å². The van der Waals surface area contributed by atoms with Gasteiger partial charge < -0.3 is 10.1 Å². The summed E-state index contributed by atoms with van der Waals surface area (Å²) in [4.78, 5) is 2.55. The summed E-state index contributed by atoms with van der Waals surface area (Å²) in [6, 6.07) is 12.2. The first-order valence-electron chi connectivity index (χ1n) is 15.2. The van der Waals surface area contributed by atoms with Gasteiger partial charge in [0.2, 0.25) is 0 Å². The van der Waals surface area contributed by atoms with E-state index in [0.717, 1.165) is 11.8 Å². The molecule has 6 fully saturated rings. The molecule has 1 aliphatic heterocycles. The Labute approximate surface area is 220 Å². The Bertz CT molecular complexity index is 1040. The van der Waals surface area contributed by atoms with Crippen molar-refractivity contribution in [1.29, 1.82) is 0 Å². The Morgan fingerprint density at radius 2 is 1.58 bits per heavy atom. The predicted octanol–water partition coefficient (Wildman–Crippen LogP) is 7.04. The third-order valence-electron chi connectivity index (χ3n) is 14.4. The number of rotatable bonds is 2. The molecule has 11 atom stereocenters. The minimum Gasteiger partial charge on any atom is -0.355 e. The van der Waals surface area contributed by atoms with Crippen LogP contribution in [0.25, 0.3) is 0 Å². The lowest BCUT2D eigenvalue weighted by atomic mass is 9.42. The first-order valence-corrected chi connectivity index (χ1v) is 15.2. The predicted molar refractivity (Wildman–Crippen MR) is 146 cm³/mol. The third-order valence-corrected chi connectivity index (χ3v) is 14.4. The maximum atomic E-state index is 7.11. The molecular formula is C33H50N2O. The van der Waals surface area contributed by atoms with Crippen molar-refractivity contribution in [3.05, 3.63) is 35.9 Å². The second-order valence-electron chi connectivity index (χ2n) is 15.3. The summed E-state index contributed by atoms with van der Waals surface area (Å²) in [6.07, 6.45) is 11.9. The Kier molecular flexibility index (Phi) is 4.96. The highest BCUT2D eigenvalue weighted by molar-refractivity contribution is 5.32. The van der Waals surface area contributed by atoms with Crippen molar-refractivity contribution in [2.45, 2.75) is 110 Å². The highest BCUT2D eigenvalue weighted by Gasteiger charge is 2.83. The van der Waals surface area contributed by atoms with Crippen molar-refractivity contribution in [2.75, 3.05) is 14.1 Å². The Morgan fingerprint density at radius 3 is 2.31 bits per heavy atom. The maximum absolute atomic E-state index is 7.11. The quantitative estimate of drug-likeness (QED) is 0.481. The molecule has 1 aromatic carbocycles. The van der Waals surface area contributed by atoms with E-state index < -0.39 is 0 Å². The van der Waals surface area contributed by atoms with Gasteiger partial charge in [-0.05, 0) is 117 Å². The zero-order chi connectivity index (χ0) is 25.3. The van der Waals surface area contributed by atoms with E-state index >= 15 is 0 Å². The zero-order valence-electron chi connectivity index (χ0n) is 23.9. The van der Waals surface area contributed by atoms with Crippen molar-refractivity contribution < 1.29 is 4.74 Å². The minimum atomic E-state index is 0.0874. The number of hydrogen-bond donors (Lipinski definition) is 1. The molecule has 5 saturated carbocycles. The van der Waals surface area contributed by atoms with Gasteiger partial charge in [-0.15, -0.1) is 0 Å². The third kappa shape index (κ3) is 2.62. The SMILES string of the molecule is CN[C@H]1CC[C@]23C[C@]24CC[C@]2(C)C5[C@@H](C[C@@]2(C)[C@@H]4CC[C@H]3C1(C)C)OC(c1ccccc1)N(C)[C@H]5C. The molecule has 0 bridgehead atoms. The largest absolute Gasteiger partial charge is 0.355 e. The van der Waals surface area contributed by atoms with E-state index in [0.29, 0.717) is 51.2 Å². The van der Waals surface area contributed by atoms with Crippen molar-refractivity contribution in [2.24, 2.45) is 44.8 Å². The lowest BCUT2D eigenvalue weighted by Crippen LogP contribution is -2.60. The molecule has 0 amide bonds. The number of ether oxygens (including phenoxy) is 1. The highest BCUT2D eigenvalue weighted by atomic mass is 16.5. The number of fused-ring (bicyclic) bond motifs is 4. The van der Waals surface area contributed by atoms with E-state index in [1.54, 1.807) is 0 Å². The number of hydrogen-bond acceptors (Lipinski definition) is 3. The average Bonchev–Trinajstić information content (AvgIpc) is 3.45. The number of benzene rings is 1. The molecule has 0 aromatic heterocycles. The summed E-state index contributed by atoms with van der Waals surface area (Å²) in [5.41, 5.74) is 3.73. The molecule has 6 aliphatic rings. The van der Waals surface area contributed by atoms with E-state index in [2.05, 4.69) is 89.3 Å². The monoisotopic (exact) mass is 490 g/mol. The molecule has 7 rings (SSSR count). The Hall–Kier alpha value is -0.900. The van der Waals surface area contributed by atoms with Crippen LogP contribution in [-0.2, 0) is 4.74 Å². The standard InChI is InChI=1S/C33H50N2O/c1-21-27-23(36-28(35(21)7)22-11-9-8-10-12-22)19-31(5)25-14-13-24-29(2,3)26(34-6)15-16-32(24)20-33(25,32)18-17-30(27,31)4/h8-12,21,23-28,34H,13-20H2,1-7H3/t21-,23+,24-,25-,26-,27?,28?,30+,31-,32+,33-/m0/s1. The van der Waals surface area contributed by atoms with E-state index in [9.17, 15) is 0 Å². The van der Waals surface area contributed by atoms with Gasteiger partial charge in [-0.3, -0.25) is 4.90 Å². The van der Waals surface area contributed by atoms with Gasteiger partial charge in [-0.25, -0.2) is 0 Å². The Morgan fingerprint density at radius 1 is 0.889 bits per heavy atom. The molecule has 1 N–H and O–H groups in total. The van der Waals surface area contributed by atoms with Gasteiger partial charge in [-0.2, -0.15) is 0 Å². The molecule has 36 heavy (non-hydrogen) atoms. The summed E-state index contributed by atoms with van der Waals surface area (Å²) in [7, 11) is 4.51. The molecule has 0 radical (unpaired) electrons. The van der Waals surface area contributed by atoms with Crippen LogP contribution in [0.5, 0.6) is 0 Å². The van der Waals surface area contributed by atoms with Crippen LogP contribution < -0.4 is 5.32 Å². The van der Waals surface area contributed by atoms with Gasteiger partial charge >= 0.3 is 0 Å². The van der Waals surface area contributed by atoms with Crippen LogP contribution in [0.3, 0.4) is 0 Å². The molecular weight excluding hydrogens is 440 g/mol. The van der Waals surface area contributed by atoms with Crippen molar-refractivity contribution >= 4 is 0 Å². The van der Waals surface area contributed by atoms with Crippen LogP contribution in [0.4, 0.5) is 0 Å². The summed E-state index contributed by atoms with van der Waals surface area (Å²) in [5.74, 6) is 2.41. The van der Waals surface area contributed by atoms with Crippen molar-refractivity contribution in [3.8, 4) is 0 Å². The van der Waals surface area contributed by atoms with Crippen LogP contribution in [-0.4, -0.2) is 37.2 Å². The molecule has 1 aromatic rings. The molecule has 5 aliphatic carbocycles. The summed E-state index contributed by atoms with van der Waals surface area (Å²) in [6.45, 7) is 13.1. The second-order valence-corrected chi connectivity index (χ2v) is 15.3. The van der Waals surface area contributed by atoms with Crippen LogP contribution in [0.15, 0.2) is 30.3 Å². The van der Waals surface area contributed by atoms with E-state index in [1.807, 2.05) is 0 Å². The van der Waals surface area contributed by atoms with Gasteiger partial charge in [0.15, 0.2) is 0 Å². The van der Waals surface area contributed by atoms with Gasteiger partial charge in [0, 0.05) is 18.0 Å². The molecule has 3 nitrogen and oxygen atoms in total. The van der Waals surface area contributed by atoms with Crippen molar-refractivity contribution in [3.63, 3.8) is 0 Å². The van der Waals surface area contributed by atoms with Crippen LogP contribution in [0, 0.1) is 44.8 Å². The van der Waals surface area contributed by atoms with Crippen LogP contribution in [0.2, 0.25) is 0 Å². The fourth-order valence-electron chi connectivity index (χ4n) is 12.6.